The molecule has 0 radical (unpaired) electrons. The Kier molecular flexibility index (Phi) is 9.71. The van der Waals surface area contributed by atoms with Crippen LogP contribution in [0.15, 0.2) is 48.5 Å². The lowest BCUT2D eigenvalue weighted by Crippen LogP contribution is -2.52. The molecule has 2 aromatic carbocycles. The molecule has 8 heteroatoms. The molecule has 0 spiro atoms. The summed E-state index contributed by atoms with van der Waals surface area (Å²) in [6.45, 7) is 13.5. The molecule has 0 aliphatic carbocycles. The Morgan fingerprint density at radius 3 is 2.14 bits per heavy atom. The van der Waals surface area contributed by atoms with Crippen molar-refractivity contribution in [1.29, 1.82) is 0 Å². The number of benzene rings is 2. The number of aryl methyl sites for hydroxylation is 1. The summed E-state index contributed by atoms with van der Waals surface area (Å²) in [5.74, 6) is -0.723. The molecule has 2 aromatic rings. The van der Waals surface area contributed by atoms with Gasteiger partial charge >= 0.3 is 0 Å². The Morgan fingerprint density at radius 1 is 1.03 bits per heavy atom. The molecule has 198 valence electrons. The number of anilines is 1. The van der Waals surface area contributed by atoms with Crippen molar-refractivity contribution in [2.45, 2.75) is 78.9 Å². The van der Waals surface area contributed by atoms with Crippen molar-refractivity contribution in [2.75, 3.05) is 17.1 Å². The lowest BCUT2D eigenvalue weighted by atomic mass is 9.87. The van der Waals surface area contributed by atoms with E-state index in [-0.39, 0.29) is 23.9 Å². The normalized spacial score (nSPS) is 13.6. The van der Waals surface area contributed by atoms with E-state index >= 15 is 0 Å². The van der Waals surface area contributed by atoms with E-state index in [1.807, 2.05) is 57.2 Å². The minimum atomic E-state index is -3.76. The number of carbonyl (C=O) groups is 2. The zero-order valence-corrected chi connectivity index (χ0v) is 23.6. The molecule has 7 nitrogen and oxygen atoms in total. The van der Waals surface area contributed by atoms with Crippen LogP contribution in [0.1, 0.15) is 64.7 Å². The van der Waals surface area contributed by atoms with Gasteiger partial charge in [-0.3, -0.25) is 13.9 Å². The molecule has 0 aliphatic rings. The minimum Gasteiger partial charge on any atom is -0.352 e. The van der Waals surface area contributed by atoms with Crippen LogP contribution in [0.25, 0.3) is 0 Å². The summed E-state index contributed by atoms with van der Waals surface area (Å²) in [5, 5.41) is 2.93. The second kappa shape index (κ2) is 11.9. The van der Waals surface area contributed by atoms with Crippen molar-refractivity contribution in [3.63, 3.8) is 0 Å². The van der Waals surface area contributed by atoms with Crippen molar-refractivity contribution >= 4 is 27.5 Å². The van der Waals surface area contributed by atoms with Gasteiger partial charge in [0.15, 0.2) is 0 Å². The standard InChI is InChI=1S/C28H41N3O4S/c1-9-21(3)29-27(33)22(4)30(18-23-12-10-11-20(2)17-23)26(32)19-31(36(8,34)35)25-15-13-24(14-16-25)28(5,6)7/h10-17,21-22H,9,18-19H2,1-8H3,(H,29,33)/t21-,22+/m1/s1. The summed E-state index contributed by atoms with van der Waals surface area (Å²) in [5.41, 5.74) is 3.28. The second-order valence-electron chi connectivity index (χ2n) is 10.6. The highest BCUT2D eigenvalue weighted by molar-refractivity contribution is 7.92. The number of carbonyl (C=O) groups excluding carboxylic acids is 2. The summed E-state index contributed by atoms with van der Waals surface area (Å²) in [7, 11) is -3.76. The first-order valence-corrected chi connectivity index (χ1v) is 14.2. The van der Waals surface area contributed by atoms with Crippen LogP contribution in [0.3, 0.4) is 0 Å². The molecule has 2 atom stereocenters. The van der Waals surface area contributed by atoms with Crippen LogP contribution in [0, 0.1) is 6.92 Å². The first-order valence-electron chi connectivity index (χ1n) is 12.4. The molecule has 0 aromatic heterocycles. The molecule has 0 aliphatic heterocycles. The molecule has 2 rings (SSSR count). The van der Waals surface area contributed by atoms with E-state index < -0.39 is 28.5 Å². The maximum atomic E-state index is 13.6. The Hall–Kier alpha value is -2.87. The van der Waals surface area contributed by atoms with E-state index in [0.717, 1.165) is 33.7 Å². The minimum absolute atomic E-state index is 0.0373. The summed E-state index contributed by atoms with van der Waals surface area (Å²) < 4.78 is 26.6. The van der Waals surface area contributed by atoms with Crippen LogP contribution >= 0.6 is 0 Å². The molecule has 0 fully saturated rings. The van der Waals surface area contributed by atoms with Crippen LogP contribution in [-0.2, 0) is 31.6 Å². The third-order valence-corrected chi connectivity index (χ3v) is 7.44. The largest absolute Gasteiger partial charge is 0.352 e. The van der Waals surface area contributed by atoms with E-state index in [2.05, 4.69) is 26.1 Å². The predicted octanol–water partition coefficient (Wildman–Crippen LogP) is 4.39. The van der Waals surface area contributed by atoms with Gasteiger partial charge in [-0.2, -0.15) is 0 Å². The summed E-state index contributed by atoms with van der Waals surface area (Å²) in [6, 6.07) is 14.1. The fourth-order valence-corrected chi connectivity index (χ4v) is 4.65. The third kappa shape index (κ3) is 8.08. The predicted molar refractivity (Wildman–Crippen MR) is 146 cm³/mol. The number of sulfonamides is 1. The van der Waals surface area contributed by atoms with Crippen molar-refractivity contribution in [1.82, 2.24) is 10.2 Å². The van der Waals surface area contributed by atoms with Gasteiger partial charge in [-0.05, 0) is 55.9 Å². The van der Waals surface area contributed by atoms with Crippen LogP contribution < -0.4 is 9.62 Å². The van der Waals surface area contributed by atoms with Crippen LogP contribution in [0.4, 0.5) is 5.69 Å². The van der Waals surface area contributed by atoms with Gasteiger partial charge in [0.1, 0.15) is 12.6 Å². The molecular weight excluding hydrogens is 474 g/mol. The zero-order valence-electron chi connectivity index (χ0n) is 22.8. The Balaban J connectivity index is 2.40. The molecule has 36 heavy (non-hydrogen) atoms. The van der Waals surface area contributed by atoms with E-state index in [1.165, 1.54) is 4.90 Å². The summed E-state index contributed by atoms with van der Waals surface area (Å²) in [4.78, 5) is 28.0. The molecule has 0 bridgehead atoms. The van der Waals surface area contributed by atoms with Gasteiger partial charge in [-0.25, -0.2) is 8.42 Å². The quantitative estimate of drug-likeness (QED) is 0.508. The summed E-state index contributed by atoms with van der Waals surface area (Å²) >= 11 is 0. The van der Waals surface area contributed by atoms with Gasteiger partial charge in [-0.1, -0.05) is 69.7 Å². The second-order valence-corrected chi connectivity index (χ2v) is 12.5. The van der Waals surface area contributed by atoms with Crippen LogP contribution in [0.5, 0.6) is 0 Å². The van der Waals surface area contributed by atoms with Crippen LogP contribution in [-0.4, -0.2) is 50.0 Å². The lowest BCUT2D eigenvalue weighted by Gasteiger charge is -2.32. The maximum absolute atomic E-state index is 13.6. The van der Waals surface area contributed by atoms with E-state index in [0.29, 0.717) is 5.69 Å². The average molecular weight is 516 g/mol. The average Bonchev–Trinajstić information content (AvgIpc) is 2.79. The van der Waals surface area contributed by atoms with E-state index in [4.69, 9.17) is 0 Å². The Bertz CT molecular complexity index is 1150. The molecule has 0 saturated carbocycles. The number of nitrogens with one attached hydrogen (secondary N) is 1. The number of nitrogens with zero attached hydrogens (tertiary/aromatic N) is 2. The Labute approximate surface area is 216 Å². The van der Waals surface area contributed by atoms with Gasteiger partial charge < -0.3 is 10.2 Å². The number of rotatable bonds is 10. The van der Waals surface area contributed by atoms with Gasteiger partial charge in [0.25, 0.3) is 0 Å². The van der Waals surface area contributed by atoms with Gasteiger partial charge in [-0.15, -0.1) is 0 Å². The van der Waals surface area contributed by atoms with Gasteiger partial charge in [0.2, 0.25) is 21.8 Å². The van der Waals surface area contributed by atoms with Crippen molar-refractivity contribution in [3.8, 4) is 0 Å². The van der Waals surface area contributed by atoms with E-state index in [9.17, 15) is 18.0 Å². The van der Waals surface area contributed by atoms with Crippen molar-refractivity contribution < 1.29 is 18.0 Å². The smallest absolute Gasteiger partial charge is 0.244 e. The van der Waals surface area contributed by atoms with Crippen molar-refractivity contribution in [3.05, 3.63) is 65.2 Å². The zero-order chi connectivity index (χ0) is 27.3. The topological polar surface area (TPSA) is 86.8 Å². The highest BCUT2D eigenvalue weighted by Gasteiger charge is 2.30. The first kappa shape index (κ1) is 29.4. The highest BCUT2D eigenvalue weighted by atomic mass is 32.2. The molecule has 0 unspecified atom stereocenters. The molecule has 2 amide bonds. The first-order chi connectivity index (χ1) is 16.6. The highest BCUT2D eigenvalue weighted by Crippen LogP contribution is 2.26. The van der Waals surface area contributed by atoms with Crippen LogP contribution in [0.2, 0.25) is 0 Å². The van der Waals surface area contributed by atoms with Gasteiger partial charge in [0, 0.05) is 12.6 Å². The third-order valence-electron chi connectivity index (χ3n) is 6.30. The monoisotopic (exact) mass is 515 g/mol. The van der Waals surface area contributed by atoms with E-state index in [1.54, 1.807) is 19.1 Å². The maximum Gasteiger partial charge on any atom is 0.244 e. The number of amides is 2. The van der Waals surface area contributed by atoms with Gasteiger partial charge in [0.05, 0.1) is 11.9 Å². The lowest BCUT2D eigenvalue weighted by molar-refractivity contribution is -0.139. The Morgan fingerprint density at radius 2 is 1.64 bits per heavy atom. The van der Waals surface area contributed by atoms with Crippen molar-refractivity contribution in [2.24, 2.45) is 0 Å². The molecular formula is C28H41N3O4S. The fraction of sp³-hybridized carbons (Fsp3) is 0.500. The fourth-order valence-electron chi connectivity index (χ4n) is 3.80. The SMILES string of the molecule is CC[C@@H](C)NC(=O)[C@H](C)N(Cc1cccc(C)c1)C(=O)CN(c1ccc(C(C)(C)C)cc1)S(C)(=O)=O. The molecule has 0 heterocycles. The number of hydrogen-bond donors (Lipinski definition) is 1. The molecule has 1 N–H and O–H groups in total. The molecule has 0 saturated heterocycles. The summed E-state index contributed by atoms with van der Waals surface area (Å²) in [6.07, 6.45) is 1.85. The number of hydrogen-bond acceptors (Lipinski definition) is 4.